The predicted octanol–water partition coefficient (Wildman–Crippen LogP) is 2.53. The Bertz CT molecular complexity index is 439. The smallest absolute Gasteiger partial charge is 0.122 e. The minimum atomic E-state index is 0.480. The van der Waals surface area contributed by atoms with Crippen LogP contribution in [0.4, 0.5) is 0 Å². The second-order valence-electron chi connectivity index (χ2n) is 5.36. The van der Waals surface area contributed by atoms with Gasteiger partial charge in [0.05, 0.1) is 0 Å². The maximum absolute atomic E-state index is 10.4. The highest BCUT2D eigenvalue weighted by Gasteiger charge is 2.17. The number of rotatable bonds is 3. The van der Waals surface area contributed by atoms with Crippen molar-refractivity contribution in [1.29, 1.82) is 0 Å². The molecule has 0 aliphatic carbocycles. The van der Waals surface area contributed by atoms with Crippen LogP contribution in [-0.2, 0) is 6.42 Å². The van der Waals surface area contributed by atoms with Crippen LogP contribution >= 0.6 is 15.9 Å². The number of phenols is 1. The average Bonchev–Trinajstić information content (AvgIpc) is 2.44. The molecule has 0 amide bonds. The van der Waals surface area contributed by atoms with Crippen LogP contribution in [0.5, 0.6) is 5.75 Å². The van der Waals surface area contributed by atoms with E-state index in [9.17, 15) is 5.11 Å². The van der Waals surface area contributed by atoms with Gasteiger partial charge in [0.1, 0.15) is 5.75 Å². The van der Waals surface area contributed by atoms with E-state index in [0.717, 1.165) is 60.3 Å². The van der Waals surface area contributed by atoms with Crippen LogP contribution in [0.3, 0.4) is 0 Å². The SMILES string of the molecule is Cc1c(C)c(Br)c(C)c(CCN2CCNCC2)c1O. The lowest BCUT2D eigenvalue weighted by molar-refractivity contribution is 0.243. The number of halogens is 1. The zero-order valence-corrected chi connectivity index (χ0v) is 13.6. The fourth-order valence-electron chi connectivity index (χ4n) is 2.67. The van der Waals surface area contributed by atoms with E-state index in [-0.39, 0.29) is 0 Å². The summed E-state index contributed by atoms with van der Waals surface area (Å²) < 4.78 is 1.14. The lowest BCUT2D eigenvalue weighted by atomic mass is 9.97. The summed E-state index contributed by atoms with van der Waals surface area (Å²) in [5.41, 5.74) is 4.40. The summed E-state index contributed by atoms with van der Waals surface area (Å²) in [6, 6.07) is 0. The van der Waals surface area contributed by atoms with Crippen LogP contribution in [0.25, 0.3) is 0 Å². The van der Waals surface area contributed by atoms with Crippen molar-refractivity contribution < 1.29 is 5.11 Å². The molecule has 0 spiro atoms. The second kappa shape index (κ2) is 6.25. The van der Waals surface area contributed by atoms with Crippen molar-refractivity contribution in [2.75, 3.05) is 32.7 Å². The standard InChI is InChI=1S/C15H23BrN2O/c1-10-11(2)15(19)13(12(3)14(10)16)4-7-18-8-5-17-6-9-18/h17,19H,4-9H2,1-3H3. The maximum atomic E-state index is 10.4. The number of phenolic OH excluding ortho intramolecular Hbond substituents is 1. The minimum Gasteiger partial charge on any atom is -0.507 e. The van der Waals surface area contributed by atoms with Crippen LogP contribution < -0.4 is 5.32 Å². The van der Waals surface area contributed by atoms with Crippen LogP contribution in [0.2, 0.25) is 0 Å². The molecule has 0 atom stereocenters. The van der Waals surface area contributed by atoms with Gasteiger partial charge in [-0.05, 0) is 49.4 Å². The molecule has 2 N–H and O–H groups in total. The van der Waals surface area contributed by atoms with Crippen molar-refractivity contribution in [2.45, 2.75) is 27.2 Å². The first-order valence-electron chi connectivity index (χ1n) is 6.92. The lowest BCUT2D eigenvalue weighted by Crippen LogP contribution is -2.44. The highest BCUT2D eigenvalue weighted by molar-refractivity contribution is 9.10. The van der Waals surface area contributed by atoms with E-state index in [2.05, 4.69) is 33.1 Å². The van der Waals surface area contributed by atoms with E-state index in [0.29, 0.717) is 5.75 Å². The molecule has 2 rings (SSSR count). The second-order valence-corrected chi connectivity index (χ2v) is 6.15. The quantitative estimate of drug-likeness (QED) is 0.896. The summed E-state index contributed by atoms with van der Waals surface area (Å²) >= 11 is 3.65. The Labute approximate surface area is 124 Å². The van der Waals surface area contributed by atoms with E-state index >= 15 is 0 Å². The minimum absolute atomic E-state index is 0.480. The number of benzene rings is 1. The predicted molar refractivity (Wildman–Crippen MR) is 83.0 cm³/mol. The van der Waals surface area contributed by atoms with Crippen LogP contribution in [0.15, 0.2) is 4.47 Å². The summed E-state index contributed by atoms with van der Waals surface area (Å²) in [4.78, 5) is 2.46. The van der Waals surface area contributed by atoms with E-state index in [4.69, 9.17) is 0 Å². The molecule has 0 radical (unpaired) electrons. The number of hydrogen-bond acceptors (Lipinski definition) is 3. The molecule has 19 heavy (non-hydrogen) atoms. The molecule has 4 heteroatoms. The van der Waals surface area contributed by atoms with Gasteiger partial charge in [-0.1, -0.05) is 15.9 Å². The molecule has 1 fully saturated rings. The third-order valence-corrected chi connectivity index (χ3v) is 5.39. The summed E-state index contributed by atoms with van der Waals surface area (Å²) in [7, 11) is 0. The largest absolute Gasteiger partial charge is 0.507 e. The summed E-state index contributed by atoms with van der Waals surface area (Å²) in [5, 5.41) is 13.7. The Morgan fingerprint density at radius 3 is 2.37 bits per heavy atom. The van der Waals surface area contributed by atoms with Crippen LogP contribution in [0, 0.1) is 20.8 Å². The van der Waals surface area contributed by atoms with E-state index in [1.807, 2.05) is 13.8 Å². The molecule has 0 unspecified atom stereocenters. The fourth-order valence-corrected chi connectivity index (χ4v) is 3.21. The first kappa shape index (κ1) is 14.8. The average molecular weight is 327 g/mol. The van der Waals surface area contributed by atoms with Crippen LogP contribution in [-0.4, -0.2) is 42.7 Å². The first-order chi connectivity index (χ1) is 9.02. The molecule has 1 aliphatic heterocycles. The lowest BCUT2D eigenvalue weighted by Gasteiger charge is -2.27. The topological polar surface area (TPSA) is 35.5 Å². The molecular weight excluding hydrogens is 304 g/mol. The number of nitrogens with one attached hydrogen (secondary N) is 1. The van der Waals surface area contributed by atoms with Gasteiger partial charge in [0.15, 0.2) is 0 Å². The molecule has 0 aromatic heterocycles. The van der Waals surface area contributed by atoms with Gasteiger partial charge < -0.3 is 15.3 Å². The van der Waals surface area contributed by atoms with Crippen molar-refractivity contribution in [3.63, 3.8) is 0 Å². The molecule has 1 heterocycles. The monoisotopic (exact) mass is 326 g/mol. The Hall–Kier alpha value is -0.580. The van der Waals surface area contributed by atoms with Gasteiger partial charge in [0.25, 0.3) is 0 Å². The molecular formula is C15H23BrN2O. The molecule has 1 saturated heterocycles. The number of nitrogens with zero attached hydrogens (tertiary/aromatic N) is 1. The molecule has 1 aliphatic rings. The van der Waals surface area contributed by atoms with Gasteiger partial charge in [-0.25, -0.2) is 0 Å². The summed E-state index contributed by atoms with van der Waals surface area (Å²) in [6.07, 6.45) is 0.914. The number of piperazine rings is 1. The van der Waals surface area contributed by atoms with E-state index in [1.54, 1.807) is 0 Å². The Kier molecular flexibility index (Phi) is 4.87. The van der Waals surface area contributed by atoms with E-state index < -0.39 is 0 Å². The van der Waals surface area contributed by atoms with Crippen molar-refractivity contribution in [1.82, 2.24) is 10.2 Å². The highest BCUT2D eigenvalue weighted by Crippen LogP contribution is 2.35. The third kappa shape index (κ3) is 3.12. The van der Waals surface area contributed by atoms with Crippen molar-refractivity contribution in [2.24, 2.45) is 0 Å². The molecule has 0 saturated carbocycles. The molecule has 1 aromatic carbocycles. The van der Waals surface area contributed by atoms with Crippen molar-refractivity contribution in [3.05, 3.63) is 26.7 Å². The van der Waals surface area contributed by atoms with Crippen LogP contribution in [0.1, 0.15) is 22.3 Å². The third-order valence-electron chi connectivity index (χ3n) is 4.20. The molecule has 0 bridgehead atoms. The van der Waals surface area contributed by atoms with Gasteiger partial charge >= 0.3 is 0 Å². The van der Waals surface area contributed by atoms with Gasteiger partial charge in [-0.2, -0.15) is 0 Å². The zero-order valence-electron chi connectivity index (χ0n) is 12.0. The molecule has 106 valence electrons. The maximum Gasteiger partial charge on any atom is 0.122 e. The Morgan fingerprint density at radius 1 is 1.11 bits per heavy atom. The first-order valence-corrected chi connectivity index (χ1v) is 7.71. The highest BCUT2D eigenvalue weighted by atomic mass is 79.9. The van der Waals surface area contributed by atoms with Crippen molar-refractivity contribution >= 4 is 15.9 Å². The zero-order chi connectivity index (χ0) is 14.0. The Balaban J connectivity index is 2.15. The fraction of sp³-hybridized carbons (Fsp3) is 0.600. The normalized spacial score (nSPS) is 16.8. The van der Waals surface area contributed by atoms with Gasteiger partial charge in [0, 0.05) is 37.2 Å². The van der Waals surface area contributed by atoms with Crippen molar-refractivity contribution in [3.8, 4) is 5.75 Å². The van der Waals surface area contributed by atoms with Gasteiger partial charge in [-0.15, -0.1) is 0 Å². The number of hydrogen-bond donors (Lipinski definition) is 2. The summed E-state index contributed by atoms with van der Waals surface area (Å²) in [6.45, 7) is 11.5. The van der Waals surface area contributed by atoms with Gasteiger partial charge in [-0.3, -0.25) is 0 Å². The molecule has 3 nitrogen and oxygen atoms in total. The van der Waals surface area contributed by atoms with Gasteiger partial charge in [0.2, 0.25) is 0 Å². The summed E-state index contributed by atoms with van der Waals surface area (Å²) in [5.74, 6) is 0.480. The molecule has 1 aromatic rings. The number of aromatic hydroxyl groups is 1. The van der Waals surface area contributed by atoms with E-state index in [1.165, 1.54) is 5.56 Å². The Morgan fingerprint density at radius 2 is 1.74 bits per heavy atom.